The lowest BCUT2D eigenvalue weighted by molar-refractivity contribution is -0.137. The Labute approximate surface area is 191 Å². The van der Waals surface area contributed by atoms with Gasteiger partial charge in [-0.2, -0.15) is 0 Å². The summed E-state index contributed by atoms with van der Waals surface area (Å²) in [5, 5.41) is 19.6. The average molecular weight is 450 g/mol. The highest BCUT2D eigenvalue weighted by Crippen LogP contribution is 2.37. The van der Waals surface area contributed by atoms with E-state index in [1.54, 1.807) is 29.2 Å². The number of aromatic nitrogens is 3. The number of aliphatic carboxylic acids is 1. The number of nitrogens with zero attached hydrogens (tertiary/aromatic N) is 3. The van der Waals surface area contributed by atoms with Gasteiger partial charge in [0.1, 0.15) is 11.5 Å². The number of rotatable bonds is 10. The van der Waals surface area contributed by atoms with Crippen molar-refractivity contribution in [1.29, 1.82) is 0 Å². The maximum Gasteiger partial charge on any atom is 0.303 e. The Morgan fingerprint density at radius 3 is 2.79 bits per heavy atom. The molecule has 1 aliphatic carbocycles. The first-order valence-corrected chi connectivity index (χ1v) is 10.9. The van der Waals surface area contributed by atoms with E-state index in [0.29, 0.717) is 31.1 Å². The molecule has 33 heavy (non-hydrogen) atoms. The number of aryl methyl sites for hydroxylation is 1. The Bertz CT molecular complexity index is 1130. The summed E-state index contributed by atoms with van der Waals surface area (Å²) < 4.78 is 13.3. The summed E-state index contributed by atoms with van der Waals surface area (Å²) in [7, 11) is 0. The first-order valence-electron chi connectivity index (χ1n) is 10.9. The van der Waals surface area contributed by atoms with Crippen LogP contribution >= 0.6 is 0 Å². The average Bonchev–Trinajstić information content (AvgIpc) is 3.44. The zero-order valence-corrected chi connectivity index (χ0v) is 18.4. The van der Waals surface area contributed by atoms with Crippen molar-refractivity contribution in [3.8, 4) is 17.2 Å². The lowest BCUT2D eigenvalue weighted by Crippen LogP contribution is -2.10. The van der Waals surface area contributed by atoms with Crippen molar-refractivity contribution < 1.29 is 24.2 Å². The topological polar surface area (TPSA) is 116 Å². The molecule has 1 aromatic heterocycles. The molecule has 0 radical (unpaired) electrons. The van der Waals surface area contributed by atoms with Crippen molar-refractivity contribution in [1.82, 2.24) is 15.0 Å². The van der Waals surface area contributed by atoms with E-state index in [9.17, 15) is 9.59 Å². The smallest absolute Gasteiger partial charge is 0.303 e. The molecule has 0 saturated carbocycles. The van der Waals surface area contributed by atoms with Gasteiger partial charge in [-0.05, 0) is 60.2 Å². The third kappa shape index (κ3) is 5.68. The quantitative estimate of drug-likeness (QED) is 0.454. The van der Waals surface area contributed by atoms with Crippen LogP contribution in [-0.4, -0.2) is 45.2 Å². The summed E-state index contributed by atoms with van der Waals surface area (Å²) in [6.07, 6.45) is 5.87. The standard InChI is InChI=1S/C24H26N4O5/c1-16(29)26-22-15-19(28-10-9-25-27-28)5-8-23(22)33-12-2-11-32-20-6-7-21-17(13-20)3-4-18(21)14-24(30)31/h5-10,13,15,18H,2-4,11-12,14H2,1H3,(H,26,29)(H,30,31)/t18-/m0/s1. The second kappa shape index (κ2) is 10.2. The largest absolute Gasteiger partial charge is 0.493 e. The van der Waals surface area contributed by atoms with Gasteiger partial charge in [0.2, 0.25) is 5.91 Å². The monoisotopic (exact) mass is 450 g/mol. The number of hydrogen-bond donors (Lipinski definition) is 2. The highest BCUT2D eigenvalue weighted by molar-refractivity contribution is 5.90. The van der Waals surface area contributed by atoms with Crippen molar-refractivity contribution >= 4 is 17.6 Å². The van der Waals surface area contributed by atoms with Gasteiger partial charge in [0, 0.05) is 13.3 Å². The summed E-state index contributed by atoms with van der Waals surface area (Å²) in [5.41, 5.74) is 3.61. The Morgan fingerprint density at radius 2 is 2.03 bits per heavy atom. The highest BCUT2D eigenvalue weighted by atomic mass is 16.5. The summed E-state index contributed by atoms with van der Waals surface area (Å²) >= 11 is 0. The lowest BCUT2D eigenvalue weighted by Gasteiger charge is -2.14. The summed E-state index contributed by atoms with van der Waals surface area (Å²) in [5.74, 6) is 0.481. The van der Waals surface area contributed by atoms with E-state index < -0.39 is 5.97 Å². The number of carboxylic acid groups (broad SMARTS) is 1. The maximum atomic E-state index is 11.6. The molecule has 0 saturated heterocycles. The minimum absolute atomic E-state index is 0.0914. The molecule has 1 heterocycles. The van der Waals surface area contributed by atoms with E-state index in [0.717, 1.165) is 29.8 Å². The number of fused-ring (bicyclic) bond motifs is 1. The molecule has 9 nitrogen and oxygen atoms in total. The number of ether oxygens (including phenoxy) is 2. The predicted octanol–water partition coefficient (Wildman–Crippen LogP) is 3.58. The molecule has 1 atom stereocenters. The van der Waals surface area contributed by atoms with E-state index in [1.807, 2.05) is 24.3 Å². The van der Waals surface area contributed by atoms with Gasteiger partial charge in [-0.1, -0.05) is 11.3 Å². The van der Waals surface area contributed by atoms with Crippen molar-refractivity contribution in [3.05, 3.63) is 59.9 Å². The van der Waals surface area contributed by atoms with Crippen molar-refractivity contribution in [2.45, 2.75) is 38.5 Å². The molecule has 3 aromatic rings. The zero-order valence-electron chi connectivity index (χ0n) is 18.4. The molecule has 172 valence electrons. The van der Waals surface area contributed by atoms with E-state index in [2.05, 4.69) is 15.6 Å². The third-order valence-corrected chi connectivity index (χ3v) is 5.51. The van der Waals surface area contributed by atoms with Gasteiger partial charge >= 0.3 is 5.97 Å². The number of carbonyl (C=O) groups excluding carboxylic acids is 1. The first kappa shape index (κ1) is 22.3. The van der Waals surface area contributed by atoms with Gasteiger partial charge in [0.25, 0.3) is 0 Å². The van der Waals surface area contributed by atoms with Crippen LogP contribution in [0.3, 0.4) is 0 Å². The molecular weight excluding hydrogens is 424 g/mol. The van der Waals surface area contributed by atoms with Crippen LogP contribution in [0.5, 0.6) is 11.5 Å². The van der Waals surface area contributed by atoms with Gasteiger partial charge in [0.15, 0.2) is 0 Å². The van der Waals surface area contributed by atoms with Crippen molar-refractivity contribution in [2.24, 2.45) is 0 Å². The normalized spacial score (nSPS) is 14.5. The summed E-state index contributed by atoms with van der Waals surface area (Å²) in [6.45, 7) is 2.34. The fourth-order valence-electron chi connectivity index (χ4n) is 4.05. The first-order chi connectivity index (χ1) is 16.0. The van der Waals surface area contributed by atoms with E-state index >= 15 is 0 Å². The molecule has 2 aromatic carbocycles. The van der Waals surface area contributed by atoms with Crippen LogP contribution in [0.15, 0.2) is 48.8 Å². The molecule has 2 N–H and O–H groups in total. The molecular formula is C24H26N4O5. The number of carbonyl (C=O) groups is 2. The number of benzene rings is 2. The van der Waals surface area contributed by atoms with Crippen LogP contribution in [-0.2, 0) is 16.0 Å². The Hall–Kier alpha value is -3.88. The highest BCUT2D eigenvalue weighted by Gasteiger charge is 2.24. The molecule has 0 fully saturated rings. The second-order valence-electron chi connectivity index (χ2n) is 7.95. The predicted molar refractivity (Wildman–Crippen MR) is 121 cm³/mol. The van der Waals surface area contributed by atoms with E-state index in [1.165, 1.54) is 12.5 Å². The fourth-order valence-corrected chi connectivity index (χ4v) is 4.05. The van der Waals surface area contributed by atoms with Gasteiger partial charge < -0.3 is 19.9 Å². The van der Waals surface area contributed by atoms with E-state index in [-0.39, 0.29) is 18.2 Å². The minimum atomic E-state index is -0.761. The second-order valence-corrected chi connectivity index (χ2v) is 7.95. The zero-order chi connectivity index (χ0) is 23.2. The van der Waals surface area contributed by atoms with Gasteiger partial charge in [-0.15, -0.1) is 5.10 Å². The molecule has 0 unspecified atom stereocenters. The SMILES string of the molecule is CC(=O)Nc1cc(-n2ccnn2)ccc1OCCCOc1ccc2c(c1)CC[C@H]2CC(=O)O. The summed E-state index contributed by atoms with van der Waals surface area (Å²) in [6, 6.07) is 11.3. The van der Waals surface area contributed by atoms with Gasteiger partial charge in [0.05, 0.1) is 43.4 Å². The van der Waals surface area contributed by atoms with Crippen LogP contribution in [0, 0.1) is 0 Å². The maximum absolute atomic E-state index is 11.6. The Kier molecular flexibility index (Phi) is 6.87. The van der Waals surface area contributed by atoms with Crippen LogP contribution < -0.4 is 14.8 Å². The molecule has 9 heteroatoms. The number of hydrogen-bond acceptors (Lipinski definition) is 6. The molecule has 0 bridgehead atoms. The van der Waals surface area contributed by atoms with Crippen molar-refractivity contribution in [3.63, 3.8) is 0 Å². The van der Waals surface area contributed by atoms with Crippen LogP contribution in [0.25, 0.3) is 5.69 Å². The van der Waals surface area contributed by atoms with Crippen LogP contribution in [0.2, 0.25) is 0 Å². The Balaban J connectivity index is 1.29. The number of carboxylic acids is 1. The molecule has 0 aliphatic heterocycles. The van der Waals surface area contributed by atoms with Gasteiger partial charge in [-0.25, -0.2) is 4.68 Å². The van der Waals surface area contributed by atoms with Crippen LogP contribution in [0.4, 0.5) is 5.69 Å². The molecule has 0 spiro atoms. The third-order valence-electron chi connectivity index (χ3n) is 5.51. The number of amides is 1. The number of nitrogens with one attached hydrogen (secondary N) is 1. The molecule has 4 rings (SSSR count). The van der Waals surface area contributed by atoms with Crippen LogP contribution in [0.1, 0.15) is 43.2 Å². The molecule has 1 aliphatic rings. The minimum Gasteiger partial charge on any atom is -0.493 e. The summed E-state index contributed by atoms with van der Waals surface area (Å²) in [4.78, 5) is 22.6. The molecule has 1 amide bonds. The van der Waals surface area contributed by atoms with E-state index in [4.69, 9.17) is 14.6 Å². The fraction of sp³-hybridized carbons (Fsp3) is 0.333. The number of anilines is 1. The van der Waals surface area contributed by atoms with Gasteiger partial charge in [-0.3, -0.25) is 9.59 Å². The van der Waals surface area contributed by atoms with Crippen molar-refractivity contribution in [2.75, 3.05) is 18.5 Å². The lowest BCUT2D eigenvalue weighted by atomic mass is 9.98. The Morgan fingerprint density at radius 1 is 1.18 bits per heavy atom.